The first-order valence-electron chi connectivity index (χ1n) is 5.81. The lowest BCUT2D eigenvalue weighted by molar-refractivity contribution is 0.0680. The second-order valence-electron chi connectivity index (χ2n) is 4.30. The summed E-state index contributed by atoms with van der Waals surface area (Å²) in [6, 6.07) is 4.83. The Balaban J connectivity index is 2.53. The predicted molar refractivity (Wildman–Crippen MR) is 71.3 cm³/mol. The van der Waals surface area contributed by atoms with E-state index in [2.05, 4.69) is 15.9 Å². The smallest absolute Gasteiger partial charge is 0.128 e. The third-order valence-corrected chi connectivity index (χ3v) is 3.56. The molecule has 0 radical (unpaired) electrons. The lowest BCUT2D eigenvalue weighted by atomic mass is 9.96. The molecule has 96 valence electrons. The van der Waals surface area contributed by atoms with Crippen LogP contribution in [0, 0.1) is 5.82 Å². The van der Waals surface area contributed by atoms with Crippen LogP contribution in [-0.2, 0) is 11.3 Å². The maximum atomic E-state index is 13.4. The molecule has 0 saturated carbocycles. The van der Waals surface area contributed by atoms with Gasteiger partial charge in [-0.25, -0.2) is 4.39 Å². The number of benzene rings is 1. The minimum atomic E-state index is -0.303. The maximum absolute atomic E-state index is 13.4. The number of hydrogen-bond donors (Lipinski definition) is 1. The largest absolute Gasteiger partial charge is 0.375 e. The van der Waals surface area contributed by atoms with Crippen LogP contribution in [0.5, 0.6) is 0 Å². The van der Waals surface area contributed by atoms with Crippen molar-refractivity contribution in [1.29, 1.82) is 0 Å². The van der Waals surface area contributed by atoms with Gasteiger partial charge in [0.25, 0.3) is 0 Å². The molecule has 0 unspecified atom stereocenters. The van der Waals surface area contributed by atoms with Gasteiger partial charge >= 0.3 is 0 Å². The highest BCUT2D eigenvalue weighted by atomic mass is 79.9. The molecule has 0 saturated heterocycles. The molecule has 0 aromatic heterocycles. The number of rotatable bonds is 6. The van der Waals surface area contributed by atoms with E-state index in [0.717, 1.165) is 17.3 Å². The molecule has 4 heteroatoms. The summed E-state index contributed by atoms with van der Waals surface area (Å²) >= 11 is 3.31. The van der Waals surface area contributed by atoms with E-state index in [1.54, 1.807) is 12.1 Å². The van der Waals surface area contributed by atoms with Gasteiger partial charge in [-0.15, -0.1) is 0 Å². The van der Waals surface area contributed by atoms with Crippen LogP contribution in [0.25, 0.3) is 0 Å². The zero-order valence-electron chi connectivity index (χ0n) is 10.3. The fourth-order valence-corrected chi connectivity index (χ4v) is 1.88. The van der Waals surface area contributed by atoms with Crippen molar-refractivity contribution < 1.29 is 9.13 Å². The Morgan fingerprint density at radius 3 is 2.59 bits per heavy atom. The summed E-state index contributed by atoms with van der Waals surface area (Å²) in [4.78, 5) is 0. The molecular weight excluding hydrogens is 285 g/mol. The Labute approximate surface area is 110 Å². The molecule has 0 bridgehead atoms. The monoisotopic (exact) mass is 303 g/mol. The van der Waals surface area contributed by atoms with Crippen molar-refractivity contribution in [3.8, 4) is 0 Å². The molecule has 17 heavy (non-hydrogen) atoms. The number of nitrogens with two attached hydrogens (primary N) is 1. The van der Waals surface area contributed by atoms with Gasteiger partial charge in [0, 0.05) is 15.6 Å². The van der Waals surface area contributed by atoms with Crippen LogP contribution in [0.15, 0.2) is 22.7 Å². The first-order chi connectivity index (χ1) is 8.00. The van der Waals surface area contributed by atoms with E-state index in [0.29, 0.717) is 12.2 Å². The topological polar surface area (TPSA) is 35.2 Å². The second-order valence-corrected chi connectivity index (χ2v) is 5.21. The van der Waals surface area contributed by atoms with Crippen molar-refractivity contribution in [3.63, 3.8) is 0 Å². The van der Waals surface area contributed by atoms with E-state index in [-0.39, 0.29) is 18.0 Å². The Bertz CT molecular complexity index is 366. The SMILES string of the molecule is CCC(N)(CC)COCc1cc(Br)ccc1F. The summed E-state index contributed by atoms with van der Waals surface area (Å²) in [5, 5.41) is 0. The Morgan fingerprint density at radius 1 is 1.35 bits per heavy atom. The Kier molecular flexibility index (Phi) is 5.56. The van der Waals surface area contributed by atoms with Gasteiger partial charge in [0.05, 0.1) is 13.2 Å². The van der Waals surface area contributed by atoms with Crippen molar-refractivity contribution in [2.24, 2.45) is 5.73 Å². The van der Waals surface area contributed by atoms with Gasteiger partial charge in [-0.2, -0.15) is 0 Å². The van der Waals surface area contributed by atoms with Crippen LogP contribution < -0.4 is 5.73 Å². The summed E-state index contributed by atoms with van der Waals surface area (Å²) in [5.41, 5.74) is 6.35. The molecule has 0 aliphatic rings. The number of halogens is 2. The van der Waals surface area contributed by atoms with Gasteiger partial charge in [-0.05, 0) is 31.0 Å². The molecule has 0 spiro atoms. The van der Waals surface area contributed by atoms with E-state index < -0.39 is 0 Å². The van der Waals surface area contributed by atoms with E-state index in [9.17, 15) is 4.39 Å². The van der Waals surface area contributed by atoms with Crippen LogP contribution >= 0.6 is 15.9 Å². The average molecular weight is 304 g/mol. The third kappa shape index (κ3) is 4.37. The van der Waals surface area contributed by atoms with Crippen LogP contribution in [-0.4, -0.2) is 12.1 Å². The summed E-state index contributed by atoms with van der Waals surface area (Å²) in [6.45, 7) is 4.77. The minimum absolute atomic E-state index is 0.246. The summed E-state index contributed by atoms with van der Waals surface area (Å²) in [6.07, 6.45) is 1.70. The maximum Gasteiger partial charge on any atom is 0.128 e. The van der Waals surface area contributed by atoms with E-state index >= 15 is 0 Å². The fourth-order valence-electron chi connectivity index (χ4n) is 1.47. The summed E-state index contributed by atoms with van der Waals surface area (Å²) in [7, 11) is 0. The fraction of sp³-hybridized carbons (Fsp3) is 0.538. The zero-order valence-corrected chi connectivity index (χ0v) is 11.9. The second kappa shape index (κ2) is 6.47. The van der Waals surface area contributed by atoms with Crippen LogP contribution in [0.1, 0.15) is 32.3 Å². The van der Waals surface area contributed by atoms with Gasteiger partial charge in [0.15, 0.2) is 0 Å². The molecule has 2 N–H and O–H groups in total. The highest BCUT2D eigenvalue weighted by Crippen LogP contribution is 2.18. The van der Waals surface area contributed by atoms with Crippen LogP contribution in [0.3, 0.4) is 0 Å². The molecule has 0 fully saturated rings. The van der Waals surface area contributed by atoms with Crippen molar-refractivity contribution >= 4 is 15.9 Å². The quantitative estimate of drug-likeness (QED) is 0.871. The van der Waals surface area contributed by atoms with Crippen LogP contribution in [0.4, 0.5) is 4.39 Å². The van der Waals surface area contributed by atoms with Gasteiger partial charge in [0.2, 0.25) is 0 Å². The third-order valence-electron chi connectivity index (χ3n) is 3.06. The van der Waals surface area contributed by atoms with Gasteiger partial charge in [0.1, 0.15) is 5.82 Å². The normalized spacial score (nSPS) is 11.8. The molecular formula is C13H19BrFNO. The Hall–Kier alpha value is -0.450. The molecule has 0 atom stereocenters. The predicted octanol–water partition coefficient (Wildman–Crippen LogP) is 3.62. The molecule has 0 amide bonds. The van der Waals surface area contributed by atoms with Crippen LogP contribution in [0.2, 0.25) is 0 Å². The van der Waals surface area contributed by atoms with Crippen molar-refractivity contribution in [1.82, 2.24) is 0 Å². The van der Waals surface area contributed by atoms with Gasteiger partial charge in [-0.3, -0.25) is 0 Å². The lowest BCUT2D eigenvalue weighted by Gasteiger charge is -2.26. The number of hydrogen-bond acceptors (Lipinski definition) is 2. The van der Waals surface area contributed by atoms with Gasteiger partial charge in [-0.1, -0.05) is 29.8 Å². The standard InChI is InChI=1S/C13H19BrFNO/c1-3-13(16,4-2)9-17-8-10-7-11(14)5-6-12(10)15/h5-7H,3-4,8-9,16H2,1-2H3. The van der Waals surface area contributed by atoms with Crippen molar-refractivity contribution in [2.45, 2.75) is 38.8 Å². The van der Waals surface area contributed by atoms with Crippen molar-refractivity contribution in [3.05, 3.63) is 34.1 Å². The molecule has 1 aromatic carbocycles. The summed E-state index contributed by atoms with van der Waals surface area (Å²) in [5.74, 6) is -0.246. The first-order valence-corrected chi connectivity index (χ1v) is 6.60. The molecule has 1 aromatic rings. The zero-order chi connectivity index (χ0) is 12.9. The molecule has 0 aliphatic heterocycles. The molecule has 1 rings (SSSR count). The van der Waals surface area contributed by atoms with Gasteiger partial charge < -0.3 is 10.5 Å². The molecule has 0 heterocycles. The number of ether oxygens (including phenoxy) is 1. The Morgan fingerprint density at radius 2 is 2.00 bits per heavy atom. The first kappa shape index (κ1) is 14.6. The molecule has 2 nitrogen and oxygen atoms in total. The summed E-state index contributed by atoms with van der Waals surface area (Å²) < 4.78 is 19.8. The highest BCUT2D eigenvalue weighted by molar-refractivity contribution is 9.10. The average Bonchev–Trinajstić information content (AvgIpc) is 2.33. The minimum Gasteiger partial charge on any atom is -0.375 e. The van der Waals surface area contributed by atoms with Crippen molar-refractivity contribution in [2.75, 3.05) is 6.61 Å². The molecule has 0 aliphatic carbocycles. The highest BCUT2D eigenvalue weighted by Gasteiger charge is 2.20. The van der Waals surface area contributed by atoms with E-state index in [1.165, 1.54) is 6.07 Å². The lowest BCUT2D eigenvalue weighted by Crippen LogP contribution is -2.43. The van der Waals surface area contributed by atoms with E-state index in [4.69, 9.17) is 10.5 Å². The van der Waals surface area contributed by atoms with E-state index in [1.807, 2.05) is 13.8 Å².